The number of sulfonamides is 1. The van der Waals surface area contributed by atoms with Crippen LogP contribution in [0.2, 0.25) is 0 Å². The molecule has 0 aliphatic rings. The van der Waals surface area contributed by atoms with Crippen LogP contribution in [0.5, 0.6) is 0 Å². The summed E-state index contributed by atoms with van der Waals surface area (Å²) < 4.78 is 24.6. The van der Waals surface area contributed by atoms with Crippen molar-refractivity contribution in [1.82, 2.24) is 4.72 Å². The van der Waals surface area contributed by atoms with Gasteiger partial charge in [-0.1, -0.05) is 12.1 Å². The van der Waals surface area contributed by atoms with Crippen LogP contribution in [0.25, 0.3) is 0 Å². The van der Waals surface area contributed by atoms with Crippen molar-refractivity contribution < 1.29 is 18.3 Å². The fourth-order valence-electron chi connectivity index (χ4n) is 0.784. The molecule has 0 saturated heterocycles. The summed E-state index contributed by atoms with van der Waals surface area (Å²) >= 11 is 0. The molecule has 0 atom stereocenters. The normalized spacial score (nSPS) is 11.1. The lowest BCUT2D eigenvalue weighted by molar-refractivity contribution is -0.135. The van der Waals surface area contributed by atoms with Crippen LogP contribution in [-0.4, -0.2) is 26.0 Å². The first-order chi connectivity index (χ1) is 6.52. The first kappa shape index (κ1) is 10.7. The number of rotatable bonds is 4. The molecule has 0 aromatic heterocycles. The largest absolute Gasteiger partial charge is 0.480 e. The fourth-order valence-corrected chi connectivity index (χ4v) is 1.75. The van der Waals surface area contributed by atoms with Crippen LogP contribution in [0.15, 0.2) is 29.2 Å². The van der Waals surface area contributed by atoms with E-state index in [0.29, 0.717) is 0 Å². The van der Waals surface area contributed by atoms with Crippen molar-refractivity contribution in [2.75, 3.05) is 6.54 Å². The number of nitrogens with one attached hydrogen (secondary N) is 1. The third-order valence-corrected chi connectivity index (χ3v) is 2.80. The van der Waals surface area contributed by atoms with E-state index in [4.69, 9.17) is 5.11 Å². The molecular formula is C8H8NO4S. The van der Waals surface area contributed by atoms with Gasteiger partial charge in [0.2, 0.25) is 10.0 Å². The van der Waals surface area contributed by atoms with E-state index in [0.717, 1.165) is 0 Å². The van der Waals surface area contributed by atoms with Gasteiger partial charge >= 0.3 is 5.97 Å². The second-order valence-corrected chi connectivity index (χ2v) is 4.22. The van der Waals surface area contributed by atoms with Crippen molar-refractivity contribution in [2.24, 2.45) is 0 Å². The SMILES string of the molecule is O=C(O)CNS(=O)(=O)c1c[c]ccc1. The Morgan fingerprint density at radius 3 is 2.79 bits per heavy atom. The Bertz CT molecular complexity index is 412. The first-order valence-electron chi connectivity index (χ1n) is 3.70. The van der Waals surface area contributed by atoms with Gasteiger partial charge in [-0.15, -0.1) is 0 Å². The number of hydrogen-bond acceptors (Lipinski definition) is 3. The molecule has 0 amide bonds. The third-order valence-electron chi connectivity index (χ3n) is 1.40. The number of aliphatic carboxylic acids is 1. The van der Waals surface area contributed by atoms with Crippen LogP contribution in [0.1, 0.15) is 0 Å². The summed E-state index contributed by atoms with van der Waals surface area (Å²) in [5, 5.41) is 8.29. The minimum absolute atomic E-state index is 0.00116. The van der Waals surface area contributed by atoms with Gasteiger partial charge in [-0.2, -0.15) is 4.72 Å². The highest BCUT2D eigenvalue weighted by Crippen LogP contribution is 2.05. The molecule has 1 aromatic carbocycles. The van der Waals surface area contributed by atoms with E-state index in [1.165, 1.54) is 18.2 Å². The number of carbonyl (C=O) groups is 1. The van der Waals surface area contributed by atoms with Crippen molar-refractivity contribution >= 4 is 16.0 Å². The molecule has 0 heterocycles. The van der Waals surface area contributed by atoms with E-state index in [1.807, 2.05) is 4.72 Å². The maximum Gasteiger partial charge on any atom is 0.318 e. The van der Waals surface area contributed by atoms with Gasteiger partial charge in [-0.3, -0.25) is 4.79 Å². The smallest absolute Gasteiger partial charge is 0.318 e. The van der Waals surface area contributed by atoms with Gasteiger partial charge in [0.15, 0.2) is 0 Å². The van der Waals surface area contributed by atoms with E-state index in [2.05, 4.69) is 6.07 Å². The van der Waals surface area contributed by atoms with Crippen LogP contribution >= 0.6 is 0 Å². The molecule has 0 spiro atoms. The lowest BCUT2D eigenvalue weighted by Gasteiger charge is -2.02. The monoisotopic (exact) mass is 214 g/mol. The molecule has 0 aliphatic heterocycles. The van der Waals surface area contributed by atoms with Gasteiger partial charge in [-0.25, -0.2) is 8.42 Å². The predicted molar refractivity (Wildman–Crippen MR) is 48.1 cm³/mol. The molecule has 5 nitrogen and oxygen atoms in total. The Morgan fingerprint density at radius 2 is 2.29 bits per heavy atom. The minimum Gasteiger partial charge on any atom is -0.480 e. The van der Waals surface area contributed by atoms with E-state index < -0.39 is 22.5 Å². The zero-order valence-corrected chi connectivity index (χ0v) is 7.91. The summed E-state index contributed by atoms with van der Waals surface area (Å²) in [5.74, 6) is -1.23. The Morgan fingerprint density at radius 1 is 1.57 bits per heavy atom. The molecule has 1 aromatic rings. The predicted octanol–water partition coefficient (Wildman–Crippen LogP) is -0.150. The molecule has 14 heavy (non-hydrogen) atoms. The molecule has 0 bridgehead atoms. The van der Waals surface area contributed by atoms with Crippen LogP contribution < -0.4 is 4.72 Å². The fraction of sp³-hybridized carbons (Fsp3) is 0.125. The number of carboxylic acids is 1. The summed E-state index contributed by atoms with van der Waals surface area (Å²) in [4.78, 5) is 10.1. The van der Waals surface area contributed by atoms with Crippen molar-refractivity contribution in [3.05, 3.63) is 30.3 Å². The maximum absolute atomic E-state index is 11.3. The Kier molecular flexibility index (Phi) is 3.21. The van der Waals surface area contributed by atoms with Crippen LogP contribution in [-0.2, 0) is 14.8 Å². The second kappa shape index (κ2) is 4.21. The summed E-state index contributed by atoms with van der Waals surface area (Å²) in [5.41, 5.74) is 0. The highest BCUT2D eigenvalue weighted by Gasteiger charge is 2.13. The zero-order chi connectivity index (χ0) is 10.6. The second-order valence-electron chi connectivity index (χ2n) is 2.46. The van der Waals surface area contributed by atoms with Crippen molar-refractivity contribution in [3.8, 4) is 0 Å². The number of benzene rings is 1. The van der Waals surface area contributed by atoms with Crippen LogP contribution in [0.4, 0.5) is 0 Å². The highest BCUT2D eigenvalue weighted by molar-refractivity contribution is 7.89. The Hall–Kier alpha value is -1.40. The molecule has 0 fully saturated rings. The molecule has 75 valence electrons. The van der Waals surface area contributed by atoms with E-state index in [1.54, 1.807) is 6.07 Å². The van der Waals surface area contributed by atoms with Crippen LogP contribution in [0.3, 0.4) is 0 Å². The standard InChI is InChI=1S/C8H8NO4S/c10-8(11)6-9-14(12,13)7-4-2-1-3-5-7/h1-2,4-5,9H,6H2,(H,10,11). The van der Waals surface area contributed by atoms with Crippen molar-refractivity contribution in [2.45, 2.75) is 4.90 Å². The van der Waals surface area contributed by atoms with Gasteiger partial charge in [0.1, 0.15) is 6.54 Å². The van der Waals surface area contributed by atoms with Gasteiger partial charge in [0, 0.05) is 0 Å². The molecule has 0 aliphatic carbocycles. The van der Waals surface area contributed by atoms with E-state index >= 15 is 0 Å². The topological polar surface area (TPSA) is 83.5 Å². The summed E-state index contributed by atoms with van der Waals surface area (Å²) in [6, 6.07) is 8.28. The first-order valence-corrected chi connectivity index (χ1v) is 5.18. The molecule has 1 rings (SSSR count). The molecule has 0 saturated carbocycles. The van der Waals surface area contributed by atoms with Gasteiger partial charge in [0.05, 0.1) is 4.90 Å². The Balaban J connectivity index is 2.82. The molecule has 2 N–H and O–H groups in total. The van der Waals surface area contributed by atoms with E-state index in [-0.39, 0.29) is 4.90 Å². The molecular weight excluding hydrogens is 206 g/mol. The van der Waals surface area contributed by atoms with Crippen LogP contribution in [0, 0.1) is 6.07 Å². The summed E-state index contributed by atoms with van der Waals surface area (Å²) in [6.07, 6.45) is 0. The average Bonchev–Trinajstić information content (AvgIpc) is 2.16. The average molecular weight is 214 g/mol. The minimum atomic E-state index is -3.72. The molecule has 6 heteroatoms. The van der Waals surface area contributed by atoms with Gasteiger partial charge < -0.3 is 5.11 Å². The van der Waals surface area contributed by atoms with Gasteiger partial charge in [0.25, 0.3) is 0 Å². The lowest BCUT2D eigenvalue weighted by Crippen LogP contribution is -2.29. The quantitative estimate of drug-likeness (QED) is 0.730. The van der Waals surface area contributed by atoms with Crippen molar-refractivity contribution in [3.63, 3.8) is 0 Å². The molecule has 0 unspecified atom stereocenters. The highest BCUT2D eigenvalue weighted by atomic mass is 32.2. The summed E-state index contributed by atoms with van der Waals surface area (Å²) in [6.45, 7) is -0.628. The zero-order valence-electron chi connectivity index (χ0n) is 7.10. The number of hydrogen-bond donors (Lipinski definition) is 2. The third kappa shape index (κ3) is 2.82. The molecule has 1 radical (unpaired) electrons. The number of carboxylic acid groups (broad SMARTS) is 1. The van der Waals surface area contributed by atoms with Crippen molar-refractivity contribution in [1.29, 1.82) is 0 Å². The lowest BCUT2D eigenvalue weighted by atomic mass is 10.4. The maximum atomic E-state index is 11.3. The van der Waals surface area contributed by atoms with E-state index in [9.17, 15) is 13.2 Å². The van der Waals surface area contributed by atoms with Gasteiger partial charge in [-0.05, 0) is 18.2 Å². The summed E-state index contributed by atoms with van der Waals surface area (Å²) in [7, 11) is -3.72. The Labute approximate surface area is 81.4 Å².